The zero-order chi connectivity index (χ0) is 18.0. The molecule has 1 aromatic rings. The number of nitrogens with zero attached hydrogens (tertiary/aromatic N) is 2. The van der Waals surface area contributed by atoms with Crippen LogP contribution in [0.2, 0.25) is 0 Å². The van der Waals surface area contributed by atoms with Gasteiger partial charge in [-0.25, -0.2) is 12.8 Å². The Labute approximate surface area is 143 Å². The van der Waals surface area contributed by atoms with Crippen molar-refractivity contribution in [1.29, 1.82) is 0 Å². The molecule has 0 atom stereocenters. The van der Waals surface area contributed by atoms with E-state index in [1.54, 1.807) is 0 Å². The van der Waals surface area contributed by atoms with Gasteiger partial charge in [-0.15, -0.1) is 0 Å². The third-order valence-corrected chi connectivity index (χ3v) is 6.12. The monoisotopic (exact) mass is 356 g/mol. The molecule has 2 rings (SSSR count). The maximum absolute atomic E-state index is 13.0. The number of rotatable bonds is 4. The average molecular weight is 356 g/mol. The Hall–Kier alpha value is -1.31. The van der Waals surface area contributed by atoms with Crippen molar-refractivity contribution in [3.63, 3.8) is 0 Å². The molecule has 1 saturated heterocycles. The number of hydrogen-bond donors (Lipinski definition) is 0. The first-order chi connectivity index (χ1) is 11.1. The van der Waals surface area contributed by atoms with Gasteiger partial charge in [-0.1, -0.05) is 20.8 Å². The van der Waals surface area contributed by atoms with Crippen LogP contribution in [0.25, 0.3) is 0 Å². The summed E-state index contributed by atoms with van der Waals surface area (Å²) in [6, 6.07) is 4.88. The van der Waals surface area contributed by atoms with E-state index in [1.807, 2.05) is 25.7 Å². The number of benzene rings is 1. The van der Waals surface area contributed by atoms with Crippen molar-refractivity contribution >= 4 is 15.8 Å². The Morgan fingerprint density at radius 3 is 2.29 bits per heavy atom. The second-order valence-electron chi connectivity index (χ2n) is 7.16. The molecular formula is C17H25FN2O3S. The number of carbonyl (C=O) groups excluding carboxylic acids is 1. The van der Waals surface area contributed by atoms with Crippen LogP contribution < -0.4 is 0 Å². The molecule has 0 bridgehead atoms. The fourth-order valence-corrected chi connectivity index (χ4v) is 4.01. The fraction of sp³-hybridized carbons (Fsp3) is 0.588. The largest absolute Gasteiger partial charge is 0.298 e. The Morgan fingerprint density at radius 1 is 1.08 bits per heavy atom. The minimum absolute atomic E-state index is 0.100. The molecule has 24 heavy (non-hydrogen) atoms. The van der Waals surface area contributed by atoms with Crippen LogP contribution in [0.4, 0.5) is 4.39 Å². The first kappa shape index (κ1) is 19.0. The van der Waals surface area contributed by atoms with Crippen LogP contribution in [0.1, 0.15) is 27.2 Å². The molecule has 0 aliphatic carbocycles. The molecule has 0 N–H and O–H groups in total. The van der Waals surface area contributed by atoms with Crippen molar-refractivity contribution in [3.8, 4) is 0 Å². The lowest BCUT2D eigenvalue weighted by molar-refractivity contribution is -0.127. The van der Waals surface area contributed by atoms with Gasteiger partial charge in [-0.3, -0.25) is 9.69 Å². The molecule has 0 aromatic heterocycles. The van der Waals surface area contributed by atoms with E-state index in [4.69, 9.17) is 0 Å². The standard InChI is InChI=1S/C17H25FN2O3S/c1-17(2,3)16(21)13-19-9-4-10-20(12-11-19)24(22,23)15-7-5-14(18)6-8-15/h5-8H,4,9-13H2,1-3H3. The topological polar surface area (TPSA) is 57.7 Å². The highest BCUT2D eigenvalue weighted by molar-refractivity contribution is 7.89. The van der Waals surface area contributed by atoms with E-state index < -0.39 is 21.3 Å². The van der Waals surface area contributed by atoms with Gasteiger partial charge >= 0.3 is 0 Å². The summed E-state index contributed by atoms with van der Waals surface area (Å²) in [5.41, 5.74) is -0.397. The third-order valence-electron chi connectivity index (χ3n) is 4.20. The van der Waals surface area contributed by atoms with Crippen LogP contribution >= 0.6 is 0 Å². The zero-order valence-electron chi connectivity index (χ0n) is 14.5. The summed E-state index contributed by atoms with van der Waals surface area (Å²) in [7, 11) is -3.63. The maximum atomic E-state index is 13.0. The summed E-state index contributed by atoms with van der Waals surface area (Å²) < 4.78 is 39.7. The van der Waals surface area contributed by atoms with E-state index in [0.717, 1.165) is 12.1 Å². The van der Waals surface area contributed by atoms with Gasteiger partial charge in [0.15, 0.2) is 5.78 Å². The lowest BCUT2D eigenvalue weighted by atomic mass is 9.90. The SMILES string of the molecule is CC(C)(C)C(=O)CN1CCCN(S(=O)(=O)c2ccc(F)cc2)CC1. The molecule has 0 spiro atoms. The molecule has 1 fully saturated rings. The normalized spacial score (nSPS) is 18.3. The summed E-state index contributed by atoms with van der Waals surface area (Å²) in [6.45, 7) is 7.94. The Kier molecular flexibility index (Phi) is 5.78. The molecule has 134 valence electrons. The predicted molar refractivity (Wildman–Crippen MR) is 90.7 cm³/mol. The minimum Gasteiger partial charge on any atom is -0.298 e. The van der Waals surface area contributed by atoms with Gasteiger partial charge in [0.05, 0.1) is 11.4 Å². The van der Waals surface area contributed by atoms with Crippen molar-refractivity contribution in [2.24, 2.45) is 5.41 Å². The molecule has 0 radical (unpaired) electrons. The van der Waals surface area contributed by atoms with Crippen LogP contribution in [0.3, 0.4) is 0 Å². The van der Waals surface area contributed by atoms with E-state index in [9.17, 15) is 17.6 Å². The number of Topliss-reactive ketones (excluding diaryl/α,β-unsaturated/α-hetero) is 1. The summed E-state index contributed by atoms with van der Waals surface area (Å²) in [5, 5.41) is 0. The number of halogens is 1. The van der Waals surface area contributed by atoms with Gasteiger partial charge in [0.25, 0.3) is 0 Å². The van der Waals surface area contributed by atoms with E-state index in [1.165, 1.54) is 16.4 Å². The molecule has 1 aliphatic rings. The average Bonchev–Trinajstić information content (AvgIpc) is 2.73. The van der Waals surface area contributed by atoms with Crippen molar-refractivity contribution in [1.82, 2.24) is 9.21 Å². The third kappa shape index (κ3) is 4.62. The quantitative estimate of drug-likeness (QED) is 0.829. The fourth-order valence-electron chi connectivity index (χ4n) is 2.54. The van der Waals surface area contributed by atoms with Crippen LogP contribution in [-0.4, -0.2) is 56.1 Å². The van der Waals surface area contributed by atoms with Gasteiger partial charge in [-0.05, 0) is 37.2 Å². The Balaban J connectivity index is 2.05. The number of hydrogen-bond acceptors (Lipinski definition) is 4. The van der Waals surface area contributed by atoms with Gasteiger partial charge in [0.1, 0.15) is 5.82 Å². The summed E-state index contributed by atoms with van der Waals surface area (Å²) in [6.07, 6.45) is 0.665. The molecule has 7 heteroatoms. The van der Waals surface area contributed by atoms with Crippen LogP contribution in [0.15, 0.2) is 29.2 Å². The molecule has 1 aliphatic heterocycles. The van der Waals surface area contributed by atoms with Crippen LogP contribution in [0, 0.1) is 11.2 Å². The first-order valence-electron chi connectivity index (χ1n) is 8.12. The highest BCUT2D eigenvalue weighted by Gasteiger charge is 2.29. The Morgan fingerprint density at radius 2 is 1.71 bits per heavy atom. The summed E-state index contributed by atoms with van der Waals surface area (Å²) >= 11 is 0. The van der Waals surface area contributed by atoms with E-state index in [-0.39, 0.29) is 10.7 Å². The second-order valence-corrected chi connectivity index (χ2v) is 9.10. The molecule has 5 nitrogen and oxygen atoms in total. The smallest absolute Gasteiger partial charge is 0.243 e. The number of sulfonamides is 1. The number of carbonyl (C=O) groups is 1. The van der Waals surface area contributed by atoms with Gasteiger partial charge in [0, 0.05) is 25.0 Å². The summed E-state index contributed by atoms with van der Waals surface area (Å²) in [5.74, 6) is -0.311. The van der Waals surface area contributed by atoms with Crippen molar-refractivity contribution in [2.75, 3.05) is 32.7 Å². The molecular weight excluding hydrogens is 331 g/mol. The van der Waals surface area contributed by atoms with E-state index in [2.05, 4.69) is 0 Å². The molecule has 0 amide bonds. The molecule has 0 saturated carbocycles. The number of ketones is 1. The lowest BCUT2D eigenvalue weighted by Crippen LogP contribution is -2.39. The summed E-state index contributed by atoms with van der Waals surface area (Å²) in [4.78, 5) is 14.3. The lowest BCUT2D eigenvalue weighted by Gasteiger charge is -2.24. The van der Waals surface area contributed by atoms with Gasteiger partial charge < -0.3 is 0 Å². The van der Waals surface area contributed by atoms with Crippen LogP contribution in [-0.2, 0) is 14.8 Å². The first-order valence-corrected chi connectivity index (χ1v) is 9.56. The predicted octanol–water partition coefficient (Wildman–Crippen LogP) is 2.14. The maximum Gasteiger partial charge on any atom is 0.243 e. The minimum atomic E-state index is -3.63. The highest BCUT2D eigenvalue weighted by atomic mass is 32.2. The van der Waals surface area contributed by atoms with E-state index >= 15 is 0 Å². The van der Waals surface area contributed by atoms with Crippen molar-refractivity contribution in [3.05, 3.63) is 30.1 Å². The zero-order valence-corrected chi connectivity index (χ0v) is 15.3. The second kappa shape index (κ2) is 7.29. The van der Waals surface area contributed by atoms with Crippen LogP contribution in [0.5, 0.6) is 0 Å². The van der Waals surface area contributed by atoms with E-state index in [0.29, 0.717) is 39.1 Å². The molecule has 0 unspecified atom stereocenters. The molecule has 1 heterocycles. The Bertz CT molecular complexity index is 681. The van der Waals surface area contributed by atoms with Crippen molar-refractivity contribution < 1.29 is 17.6 Å². The molecule has 1 aromatic carbocycles. The van der Waals surface area contributed by atoms with Gasteiger partial charge in [-0.2, -0.15) is 4.31 Å². The van der Waals surface area contributed by atoms with Gasteiger partial charge in [0.2, 0.25) is 10.0 Å². The van der Waals surface area contributed by atoms with Crippen molar-refractivity contribution in [2.45, 2.75) is 32.1 Å². The highest BCUT2D eigenvalue weighted by Crippen LogP contribution is 2.19.